The van der Waals surface area contributed by atoms with Crippen molar-refractivity contribution in [3.05, 3.63) is 72.1 Å². The molecule has 0 radical (unpaired) electrons. The molecule has 0 atom stereocenters. The molecule has 0 amide bonds. The number of aromatic nitrogens is 2. The third kappa shape index (κ3) is 3.81. The van der Waals surface area contributed by atoms with Gasteiger partial charge in [-0.3, -0.25) is 0 Å². The fraction of sp³-hybridized carbons (Fsp3) is 0.158. The van der Waals surface area contributed by atoms with Gasteiger partial charge in [-0.25, -0.2) is 9.97 Å². The van der Waals surface area contributed by atoms with Crippen molar-refractivity contribution >= 4 is 5.82 Å². The van der Waals surface area contributed by atoms with Crippen LogP contribution in [0.3, 0.4) is 0 Å². The van der Waals surface area contributed by atoms with Crippen molar-refractivity contribution in [3.8, 4) is 17.4 Å². The number of anilines is 1. The quantitative estimate of drug-likeness (QED) is 0.743. The van der Waals surface area contributed by atoms with Crippen LogP contribution in [-0.4, -0.2) is 9.97 Å². The van der Waals surface area contributed by atoms with E-state index in [1.165, 1.54) is 6.33 Å². The molecule has 0 aliphatic heterocycles. The van der Waals surface area contributed by atoms with E-state index in [0.29, 0.717) is 30.5 Å². The highest BCUT2D eigenvalue weighted by Gasteiger charge is 2.09. The standard InChI is InChI=1S/C19H19N3O2/c1-2-17-18(20)21-13-22-19(17)24-16-10-8-15(9-11-16)23-12-14-6-4-3-5-7-14/h3-11,13H,2,12H2,1H3,(H2,20,21,22). The lowest BCUT2D eigenvalue weighted by Gasteiger charge is -2.11. The summed E-state index contributed by atoms with van der Waals surface area (Å²) in [6.45, 7) is 2.52. The zero-order valence-corrected chi connectivity index (χ0v) is 13.5. The van der Waals surface area contributed by atoms with E-state index < -0.39 is 0 Å². The molecule has 0 aliphatic rings. The molecule has 5 heteroatoms. The van der Waals surface area contributed by atoms with Crippen LogP contribution in [0.15, 0.2) is 60.9 Å². The van der Waals surface area contributed by atoms with Crippen molar-refractivity contribution in [2.45, 2.75) is 20.0 Å². The van der Waals surface area contributed by atoms with Crippen molar-refractivity contribution in [2.24, 2.45) is 0 Å². The molecule has 1 aromatic heterocycles. The Balaban J connectivity index is 1.66. The first kappa shape index (κ1) is 15.8. The van der Waals surface area contributed by atoms with Crippen LogP contribution in [0.2, 0.25) is 0 Å². The average molecular weight is 321 g/mol. The molecule has 1 heterocycles. The Labute approximate surface area is 141 Å². The number of ether oxygens (including phenoxy) is 2. The number of hydrogen-bond donors (Lipinski definition) is 1. The zero-order chi connectivity index (χ0) is 16.8. The van der Waals surface area contributed by atoms with Crippen LogP contribution in [0, 0.1) is 0 Å². The van der Waals surface area contributed by atoms with E-state index in [2.05, 4.69) is 9.97 Å². The highest BCUT2D eigenvalue weighted by atomic mass is 16.5. The average Bonchev–Trinajstić information content (AvgIpc) is 2.62. The molecule has 0 saturated carbocycles. The van der Waals surface area contributed by atoms with E-state index >= 15 is 0 Å². The van der Waals surface area contributed by atoms with Crippen LogP contribution < -0.4 is 15.2 Å². The fourth-order valence-electron chi connectivity index (χ4n) is 2.29. The maximum atomic E-state index is 5.85. The van der Waals surface area contributed by atoms with E-state index in [9.17, 15) is 0 Å². The molecule has 0 aliphatic carbocycles. The van der Waals surface area contributed by atoms with Gasteiger partial charge in [0.1, 0.15) is 30.3 Å². The fourth-order valence-corrected chi connectivity index (χ4v) is 2.29. The Morgan fingerprint density at radius 1 is 0.917 bits per heavy atom. The first-order chi connectivity index (χ1) is 11.8. The monoisotopic (exact) mass is 321 g/mol. The summed E-state index contributed by atoms with van der Waals surface area (Å²) in [4.78, 5) is 8.15. The number of rotatable bonds is 6. The van der Waals surface area contributed by atoms with Gasteiger partial charge < -0.3 is 15.2 Å². The minimum absolute atomic E-state index is 0.449. The summed E-state index contributed by atoms with van der Waals surface area (Å²) in [6, 6.07) is 17.5. The molecule has 2 N–H and O–H groups in total. The van der Waals surface area contributed by atoms with Crippen LogP contribution in [0.5, 0.6) is 17.4 Å². The SMILES string of the molecule is CCc1c(N)ncnc1Oc1ccc(OCc2ccccc2)cc1. The summed E-state index contributed by atoms with van der Waals surface area (Å²) >= 11 is 0. The Morgan fingerprint density at radius 2 is 1.62 bits per heavy atom. The lowest BCUT2D eigenvalue weighted by Crippen LogP contribution is -2.01. The van der Waals surface area contributed by atoms with Crippen molar-refractivity contribution in [3.63, 3.8) is 0 Å². The molecule has 122 valence electrons. The second kappa shape index (κ2) is 7.46. The Bertz CT molecular complexity index is 789. The maximum Gasteiger partial charge on any atom is 0.227 e. The molecule has 0 fully saturated rings. The van der Waals surface area contributed by atoms with Crippen LogP contribution in [-0.2, 0) is 13.0 Å². The molecule has 5 nitrogen and oxygen atoms in total. The number of nitrogens with two attached hydrogens (primary N) is 1. The van der Waals surface area contributed by atoms with E-state index in [0.717, 1.165) is 16.9 Å². The third-order valence-electron chi connectivity index (χ3n) is 3.58. The number of nitrogens with zero attached hydrogens (tertiary/aromatic N) is 2. The molecule has 3 aromatic rings. The van der Waals surface area contributed by atoms with E-state index in [1.807, 2.05) is 61.5 Å². The van der Waals surface area contributed by atoms with Crippen LogP contribution in [0.25, 0.3) is 0 Å². The van der Waals surface area contributed by atoms with Gasteiger partial charge in [-0.05, 0) is 36.2 Å². The number of nitrogen functional groups attached to an aromatic ring is 1. The molecule has 0 saturated heterocycles. The lowest BCUT2D eigenvalue weighted by molar-refractivity contribution is 0.305. The van der Waals surface area contributed by atoms with Gasteiger partial charge in [0, 0.05) is 0 Å². The minimum atomic E-state index is 0.449. The van der Waals surface area contributed by atoms with Crippen LogP contribution >= 0.6 is 0 Å². The molecule has 2 aromatic carbocycles. The maximum absolute atomic E-state index is 5.85. The van der Waals surface area contributed by atoms with Gasteiger partial charge in [0.25, 0.3) is 0 Å². The summed E-state index contributed by atoms with van der Waals surface area (Å²) in [6.07, 6.45) is 2.11. The molecule has 0 bridgehead atoms. The van der Waals surface area contributed by atoms with Gasteiger partial charge in [0.2, 0.25) is 5.88 Å². The van der Waals surface area contributed by atoms with E-state index in [1.54, 1.807) is 0 Å². The van der Waals surface area contributed by atoms with Crippen molar-refractivity contribution < 1.29 is 9.47 Å². The van der Waals surface area contributed by atoms with Gasteiger partial charge in [0.15, 0.2) is 0 Å². The van der Waals surface area contributed by atoms with Gasteiger partial charge in [-0.2, -0.15) is 0 Å². The van der Waals surface area contributed by atoms with Gasteiger partial charge in [0.05, 0.1) is 5.56 Å². The third-order valence-corrected chi connectivity index (χ3v) is 3.58. The predicted octanol–water partition coefficient (Wildman–Crippen LogP) is 3.99. The highest BCUT2D eigenvalue weighted by Crippen LogP contribution is 2.27. The smallest absolute Gasteiger partial charge is 0.227 e. The second-order valence-corrected chi connectivity index (χ2v) is 5.24. The van der Waals surface area contributed by atoms with Gasteiger partial charge in [-0.15, -0.1) is 0 Å². The molecule has 0 spiro atoms. The number of benzene rings is 2. The zero-order valence-electron chi connectivity index (χ0n) is 13.5. The second-order valence-electron chi connectivity index (χ2n) is 5.24. The number of hydrogen-bond acceptors (Lipinski definition) is 5. The Kier molecular flexibility index (Phi) is 4.91. The summed E-state index contributed by atoms with van der Waals surface area (Å²) in [5.74, 6) is 2.40. The topological polar surface area (TPSA) is 70.3 Å². The summed E-state index contributed by atoms with van der Waals surface area (Å²) in [5, 5.41) is 0. The van der Waals surface area contributed by atoms with E-state index in [-0.39, 0.29) is 0 Å². The van der Waals surface area contributed by atoms with Crippen molar-refractivity contribution in [1.29, 1.82) is 0 Å². The van der Waals surface area contributed by atoms with Crippen LogP contribution in [0.4, 0.5) is 5.82 Å². The van der Waals surface area contributed by atoms with Gasteiger partial charge in [-0.1, -0.05) is 37.3 Å². The summed E-state index contributed by atoms with van der Waals surface area (Å²) in [7, 11) is 0. The Hall–Kier alpha value is -3.08. The first-order valence-corrected chi connectivity index (χ1v) is 7.80. The minimum Gasteiger partial charge on any atom is -0.489 e. The largest absolute Gasteiger partial charge is 0.489 e. The first-order valence-electron chi connectivity index (χ1n) is 7.80. The molecule has 0 unspecified atom stereocenters. The summed E-state index contributed by atoms with van der Waals surface area (Å²) < 4.78 is 11.6. The normalized spacial score (nSPS) is 10.4. The van der Waals surface area contributed by atoms with Gasteiger partial charge >= 0.3 is 0 Å². The lowest BCUT2D eigenvalue weighted by atomic mass is 10.2. The molecular formula is C19H19N3O2. The molecular weight excluding hydrogens is 302 g/mol. The molecule has 24 heavy (non-hydrogen) atoms. The Morgan fingerprint density at radius 3 is 2.33 bits per heavy atom. The van der Waals surface area contributed by atoms with Crippen molar-refractivity contribution in [1.82, 2.24) is 9.97 Å². The summed E-state index contributed by atoms with van der Waals surface area (Å²) in [5.41, 5.74) is 7.79. The molecule has 3 rings (SSSR count). The van der Waals surface area contributed by atoms with Crippen molar-refractivity contribution in [2.75, 3.05) is 5.73 Å². The predicted molar refractivity (Wildman–Crippen MR) is 93.1 cm³/mol. The van der Waals surface area contributed by atoms with Crippen LogP contribution in [0.1, 0.15) is 18.1 Å². The van der Waals surface area contributed by atoms with E-state index in [4.69, 9.17) is 15.2 Å². The highest BCUT2D eigenvalue weighted by molar-refractivity contribution is 5.46.